The highest BCUT2D eigenvalue weighted by Crippen LogP contribution is 2.16. The summed E-state index contributed by atoms with van der Waals surface area (Å²) in [5, 5.41) is 0. The quantitative estimate of drug-likeness (QED) is 0.0393. The van der Waals surface area contributed by atoms with E-state index < -0.39 is 0 Å². The van der Waals surface area contributed by atoms with Crippen LogP contribution in [0, 0.1) is 0 Å². The first-order valence-corrected chi connectivity index (χ1v) is 20.5. The normalized spacial score (nSPS) is 11.8. The van der Waals surface area contributed by atoms with Crippen LogP contribution in [-0.2, 0) is 9.53 Å². The van der Waals surface area contributed by atoms with Crippen LogP contribution in [0.4, 0.5) is 0 Å². The average Bonchev–Trinajstić information content (AvgIpc) is 3.02. The summed E-state index contributed by atoms with van der Waals surface area (Å²) in [4.78, 5) is 12.0. The molecule has 0 saturated heterocycles. The molecule has 0 aliphatic carbocycles. The standard InChI is InChI=1S/C42H82O2/c1-4-6-8-10-12-13-14-15-16-19-22-25-28-32-36-40-44-42(43)39-35-31-27-24-21-18-17-20-23-26-30-34-38-41(3)37-33-29-11-9-7-5-2/h38H,4-37,39-40H2,1-3H3. The second-order valence-electron chi connectivity index (χ2n) is 14.2. The van der Waals surface area contributed by atoms with Crippen molar-refractivity contribution in [2.45, 2.75) is 245 Å². The van der Waals surface area contributed by atoms with Gasteiger partial charge in [0.25, 0.3) is 0 Å². The van der Waals surface area contributed by atoms with E-state index in [1.165, 1.54) is 205 Å². The summed E-state index contributed by atoms with van der Waals surface area (Å²) in [6.07, 6.45) is 49.2. The summed E-state index contributed by atoms with van der Waals surface area (Å²) < 4.78 is 5.46. The van der Waals surface area contributed by atoms with Gasteiger partial charge in [0.05, 0.1) is 6.61 Å². The molecule has 0 aliphatic heterocycles. The number of hydrogen-bond donors (Lipinski definition) is 0. The molecule has 0 unspecified atom stereocenters. The molecule has 0 N–H and O–H groups in total. The number of hydrogen-bond acceptors (Lipinski definition) is 2. The molecule has 0 heterocycles. The minimum atomic E-state index is 0.0267. The molecule has 2 nitrogen and oxygen atoms in total. The number of unbranched alkanes of at least 4 members (excludes halogenated alkanes) is 30. The van der Waals surface area contributed by atoms with Crippen molar-refractivity contribution in [3.63, 3.8) is 0 Å². The summed E-state index contributed by atoms with van der Waals surface area (Å²) >= 11 is 0. The van der Waals surface area contributed by atoms with E-state index >= 15 is 0 Å². The molecule has 0 rings (SSSR count). The zero-order valence-electron chi connectivity index (χ0n) is 30.8. The molecular weight excluding hydrogens is 536 g/mol. The maximum atomic E-state index is 12.0. The minimum Gasteiger partial charge on any atom is -0.466 e. The highest BCUT2D eigenvalue weighted by atomic mass is 16.5. The Morgan fingerprint density at radius 2 is 0.727 bits per heavy atom. The van der Waals surface area contributed by atoms with Crippen LogP contribution in [0.2, 0.25) is 0 Å². The minimum absolute atomic E-state index is 0.0267. The lowest BCUT2D eigenvalue weighted by Gasteiger charge is -2.06. The zero-order valence-corrected chi connectivity index (χ0v) is 30.8. The molecular formula is C42H82O2. The fraction of sp³-hybridized carbons (Fsp3) is 0.929. The first-order chi connectivity index (χ1) is 21.7. The number of rotatable bonds is 37. The molecule has 0 saturated carbocycles. The van der Waals surface area contributed by atoms with Gasteiger partial charge in [-0.25, -0.2) is 0 Å². The zero-order chi connectivity index (χ0) is 32.0. The van der Waals surface area contributed by atoms with Gasteiger partial charge in [-0.2, -0.15) is 0 Å². The van der Waals surface area contributed by atoms with Gasteiger partial charge in [0.2, 0.25) is 0 Å². The molecule has 0 aliphatic rings. The molecule has 0 bridgehead atoms. The maximum Gasteiger partial charge on any atom is 0.305 e. The van der Waals surface area contributed by atoms with Crippen LogP contribution in [0.15, 0.2) is 11.6 Å². The van der Waals surface area contributed by atoms with E-state index in [0.717, 1.165) is 12.8 Å². The van der Waals surface area contributed by atoms with Crippen LogP contribution in [0.1, 0.15) is 245 Å². The highest BCUT2D eigenvalue weighted by molar-refractivity contribution is 5.69. The smallest absolute Gasteiger partial charge is 0.305 e. The Hall–Kier alpha value is -0.790. The number of esters is 1. The topological polar surface area (TPSA) is 26.3 Å². The molecule has 0 aromatic carbocycles. The van der Waals surface area contributed by atoms with Crippen molar-refractivity contribution in [3.05, 3.63) is 11.6 Å². The van der Waals surface area contributed by atoms with Crippen molar-refractivity contribution >= 4 is 5.97 Å². The summed E-state index contributed by atoms with van der Waals surface area (Å²) in [5.41, 5.74) is 1.62. The van der Waals surface area contributed by atoms with Crippen LogP contribution < -0.4 is 0 Å². The lowest BCUT2D eigenvalue weighted by atomic mass is 10.0. The second kappa shape index (κ2) is 38.4. The molecule has 44 heavy (non-hydrogen) atoms. The third kappa shape index (κ3) is 37.4. The Morgan fingerprint density at radius 3 is 1.14 bits per heavy atom. The van der Waals surface area contributed by atoms with Gasteiger partial charge in [0, 0.05) is 6.42 Å². The third-order valence-electron chi connectivity index (χ3n) is 9.51. The predicted molar refractivity (Wildman–Crippen MR) is 198 cm³/mol. The summed E-state index contributed by atoms with van der Waals surface area (Å²) in [7, 11) is 0. The molecule has 0 aromatic heterocycles. The van der Waals surface area contributed by atoms with Gasteiger partial charge in [0.15, 0.2) is 0 Å². The van der Waals surface area contributed by atoms with E-state index in [1.54, 1.807) is 5.57 Å². The second-order valence-corrected chi connectivity index (χ2v) is 14.2. The van der Waals surface area contributed by atoms with Gasteiger partial charge in [-0.3, -0.25) is 4.79 Å². The van der Waals surface area contributed by atoms with Gasteiger partial charge in [0.1, 0.15) is 0 Å². The number of allylic oxidation sites excluding steroid dienone is 2. The molecule has 0 spiro atoms. The van der Waals surface area contributed by atoms with Crippen molar-refractivity contribution in [1.29, 1.82) is 0 Å². The van der Waals surface area contributed by atoms with E-state index in [9.17, 15) is 4.79 Å². The molecule has 0 radical (unpaired) electrons. The van der Waals surface area contributed by atoms with Crippen LogP contribution in [0.25, 0.3) is 0 Å². The molecule has 0 aromatic rings. The monoisotopic (exact) mass is 619 g/mol. The summed E-state index contributed by atoms with van der Waals surface area (Å²) in [6, 6.07) is 0. The third-order valence-corrected chi connectivity index (χ3v) is 9.51. The van der Waals surface area contributed by atoms with E-state index in [1.807, 2.05) is 0 Å². The van der Waals surface area contributed by atoms with E-state index in [4.69, 9.17) is 4.74 Å². The number of ether oxygens (including phenoxy) is 1. The van der Waals surface area contributed by atoms with Crippen molar-refractivity contribution < 1.29 is 9.53 Å². The largest absolute Gasteiger partial charge is 0.466 e. The average molecular weight is 619 g/mol. The number of carbonyl (C=O) groups excluding carboxylic acids is 1. The molecule has 0 amide bonds. The predicted octanol–water partition coefficient (Wildman–Crippen LogP) is 15.2. The van der Waals surface area contributed by atoms with Gasteiger partial charge in [-0.15, -0.1) is 0 Å². The molecule has 0 fully saturated rings. The summed E-state index contributed by atoms with van der Waals surface area (Å²) in [5.74, 6) is 0.0267. The fourth-order valence-electron chi connectivity index (χ4n) is 6.37. The van der Waals surface area contributed by atoms with Crippen molar-refractivity contribution in [1.82, 2.24) is 0 Å². The van der Waals surface area contributed by atoms with Gasteiger partial charge < -0.3 is 4.74 Å². The van der Waals surface area contributed by atoms with Crippen molar-refractivity contribution in [2.75, 3.05) is 6.61 Å². The Bertz CT molecular complexity index is 580. The first-order valence-electron chi connectivity index (χ1n) is 20.5. The highest BCUT2D eigenvalue weighted by Gasteiger charge is 2.03. The lowest BCUT2D eigenvalue weighted by molar-refractivity contribution is -0.143. The molecule has 0 atom stereocenters. The van der Waals surface area contributed by atoms with Crippen LogP contribution in [-0.4, -0.2) is 12.6 Å². The maximum absolute atomic E-state index is 12.0. The van der Waals surface area contributed by atoms with Gasteiger partial charge >= 0.3 is 5.97 Å². The Labute approximate surface area is 278 Å². The van der Waals surface area contributed by atoms with Crippen LogP contribution in [0.5, 0.6) is 0 Å². The van der Waals surface area contributed by atoms with Crippen molar-refractivity contribution in [2.24, 2.45) is 0 Å². The van der Waals surface area contributed by atoms with Crippen LogP contribution >= 0.6 is 0 Å². The van der Waals surface area contributed by atoms with E-state index in [2.05, 4.69) is 26.8 Å². The Balaban J connectivity index is 3.23. The lowest BCUT2D eigenvalue weighted by Crippen LogP contribution is -2.05. The molecule has 2 heteroatoms. The van der Waals surface area contributed by atoms with E-state index in [-0.39, 0.29) is 5.97 Å². The summed E-state index contributed by atoms with van der Waals surface area (Å²) in [6.45, 7) is 7.55. The Kier molecular flexibility index (Phi) is 37.7. The fourth-order valence-corrected chi connectivity index (χ4v) is 6.37. The van der Waals surface area contributed by atoms with E-state index in [0.29, 0.717) is 13.0 Å². The van der Waals surface area contributed by atoms with Crippen molar-refractivity contribution in [3.8, 4) is 0 Å². The SMILES string of the molecule is CCCCCCCCCCCCCCCCCOC(=O)CCCCCCCCCCCCCC=C(C)CCCCCCCC. The Morgan fingerprint density at radius 1 is 0.409 bits per heavy atom. The van der Waals surface area contributed by atoms with Crippen LogP contribution in [0.3, 0.4) is 0 Å². The first kappa shape index (κ1) is 43.2. The van der Waals surface area contributed by atoms with Gasteiger partial charge in [-0.05, 0) is 45.4 Å². The number of carbonyl (C=O) groups is 1. The van der Waals surface area contributed by atoms with Gasteiger partial charge in [-0.1, -0.05) is 205 Å². The molecule has 262 valence electrons.